The molecule has 35 heavy (non-hydrogen) atoms. The van der Waals surface area contributed by atoms with Gasteiger partial charge in [0.25, 0.3) is 11.6 Å². The first-order valence-electron chi connectivity index (χ1n) is 12.0. The van der Waals surface area contributed by atoms with Crippen molar-refractivity contribution >= 4 is 28.9 Å². The second-order valence-corrected chi connectivity index (χ2v) is 8.84. The maximum Gasteiger partial charge on any atom is 0.269 e. The topological polar surface area (TPSA) is 83.8 Å². The normalized spacial score (nSPS) is 16.9. The molecule has 3 aromatic carbocycles. The van der Waals surface area contributed by atoms with Gasteiger partial charge in [-0.15, -0.1) is 0 Å². The fraction of sp³-hybridized carbons (Fsp3) is 0.286. The molecule has 180 valence electrons. The van der Waals surface area contributed by atoms with Gasteiger partial charge in [-0.1, -0.05) is 49.7 Å². The summed E-state index contributed by atoms with van der Waals surface area (Å²) in [6.45, 7) is 4.09. The molecule has 4 rings (SSSR count). The standard InChI is InChI=1S/C28H29N3O4/c1-3-4-14-27(32)29-20(2)19-26(24-12-8-9-13-25(24)29)30(22-10-6-5-7-11-22)28(33)21-15-17-23(18-16-21)31(34)35/h5-13,15-18,20,26H,3-4,14,19H2,1-2H3/t20-,26+/m1/s1. The molecule has 1 heterocycles. The largest absolute Gasteiger partial charge is 0.309 e. The Kier molecular flexibility index (Phi) is 7.25. The van der Waals surface area contributed by atoms with Gasteiger partial charge in [-0.05, 0) is 55.7 Å². The van der Waals surface area contributed by atoms with Crippen LogP contribution < -0.4 is 9.80 Å². The van der Waals surface area contributed by atoms with Gasteiger partial charge in [0.15, 0.2) is 0 Å². The number of amides is 2. The van der Waals surface area contributed by atoms with Crippen molar-refractivity contribution in [2.75, 3.05) is 9.80 Å². The first-order chi connectivity index (χ1) is 16.9. The van der Waals surface area contributed by atoms with Crippen molar-refractivity contribution in [3.05, 3.63) is 100 Å². The summed E-state index contributed by atoms with van der Waals surface area (Å²) in [6.07, 6.45) is 2.85. The number of fused-ring (bicyclic) bond motifs is 1. The Labute approximate surface area is 205 Å². The fourth-order valence-electron chi connectivity index (χ4n) is 4.75. The third-order valence-electron chi connectivity index (χ3n) is 6.46. The highest BCUT2D eigenvalue weighted by atomic mass is 16.6. The maximum absolute atomic E-state index is 13.9. The minimum atomic E-state index is -0.480. The van der Waals surface area contributed by atoms with Crippen molar-refractivity contribution < 1.29 is 14.5 Å². The highest BCUT2D eigenvalue weighted by molar-refractivity contribution is 6.07. The molecule has 3 aromatic rings. The Morgan fingerprint density at radius 3 is 2.31 bits per heavy atom. The fourth-order valence-corrected chi connectivity index (χ4v) is 4.75. The van der Waals surface area contributed by atoms with E-state index in [2.05, 4.69) is 6.92 Å². The third-order valence-corrected chi connectivity index (χ3v) is 6.46. The summed E-state index contributed by atoms with van der Waals surface area (Å²) >= 11 is 0. The Bertz CT molecular complexity index is 1210. The lowest BCUT2D eigenvalue weighted by Crippen LogP contribution is -2.47. The summed E-state index contributed by atoms with van der Waals surface area (Å²) in [5.41, 5.74) is 2.77. The molecule has 2 amide bonds. The van der Waals surface area contributed by atoms with Gasteiger partial charge in [-0.3, -0.25) is 19.7 Å². The lowest BCUT2D eigenvalue weighted by molar-refractivity contribution is -0.384. The number of non-ortho nitro benzene ring substituents is 1. The van der Waals surface area contributed by atoms with E-state index in [0.29, 0.717) is 18.4 Å². The van der Waals surface area contributed by atoms with Crippen molar-refractivity contribution in [3.63, 3.8) is 0 Å². The average Bonchev–Trinajstić information content (AvgIpc) is 2.88. The molecule has 0 spiro atoms. The molecule has 2 atom stereocenters. The van der Waals surface area contributed by atoms with Crippen LogP contribution in [-0.4, -0.2) is 22.8 Å². The van der Waals surface area contributed by atoms with Crippen LogP contribution in [0.3, 0.4) is 0 Å². The number of carbonyl (C=O) groups excluding carboxylic acids is 2. The number of unbranched alkanes of at least 4 members (excludes halogenated alkanes) is 1. The molecule has 0 unspecified atom stereocenters. The van der Waals surface area contributed by atoms with E-state index in [9.17, 15) is 19.7 Å². The van der Waals surface area contributed by atoms with Crippen LogP contribution >= 0.6 is 0 Å². The van der Waals surface area contributed by atoms with Crippen LogP contribution in [0.5, 0.6) is 0 Å². The van der Waals surface area contributed by atoms with Gasteiger partial charge < -0.3 is 9.80 Å². The van der Waals surface area contributed by atoms with Crippen molar-refractivity contribution in [2.24, 2.45) is 0 Å². The zero-order chi connectivity index (χ0) is 24.9. The summed E-state index contributed by atoms with van der Waals surface area (Å²) in [4.78, 5) is 41.2. The molecule has 0 saturated heterocycles. The van der Waals surface area contributed by atoms with Crippen molar-refractivity contribution in [2.45, 2.75) is 51.6 Å². The van der Waals surface area contributed by atoms with Gasteiger partial charge in [0, 0.05) is 41.5 Å². The molecule has 0 fully saturated rings. The monoisotopic (exact) mass is 471 g/mol. The van der Waals surface area contributed by atoms with Gasteiger partial charge >= 0.3 is 0 Å². The molecule has 0 aromatic heterocycles. The molecule has 0 N–H and O–H groups in total. The molecular formula is C28H29N3O4. The van der Waals surface area contributed by atoms with Crippen LogP contribution in [0.2, 0.25) is 0 Å². The Hall–Kier alpha value is -4.00. The van der Waals surface area contributed by atoms with Crippen LogP contribution in [-0.2, 0) is 4.79 Å². The average molecular weight is 472 g/mol. The minimum Gasteiger partial charge on any atom is -0.309 e. The third kappa shape index (κ3) is 4.94. The summed E-state index contributed by atoms with van der Waals surface area (Å²) in [7, 11) is 0. The van der Waals surface area contributed by atoms with Crippen molar-refractivity contribution in [3.8, 4) is 0 Å². The smallest absolute Gasteiger partial charge is 0.269 e. The molecule has 0 bridgehead atoms. The minimum absolute atomic E-state index is 0.0642. The highest BCUT2D eigenvalue weighted by Crippen LogP contribution is 2.43. The number of nitro groups is 1. The first kappa shape index (κ1) is 24.1. The number of hydrogen-bond donors (Lipinski definition) is 0. The van der Waals surface area contributed by atoms with E-state index in [1.165, 1.54) is 24.3 Å². The predicted molar refractivity (Wildman–Crippen MR) is 137 cm³/mol. The summed E-state index contributed by atoms with van der Waals surface area (Å²) in [5.74, 6) is -0.151. The quantitative estimate of drug-likeness (QED) is 0.299. The van der Waals surface area contributed by atoms with E-state index in [1.54, 1.807) is 4.90 Å². The molecule has 7 nitrogen and oxygen atoms in total. The second kappa shape index (κ2) is 10.5. The number of benzene rings is 3. The predicted octanol–water partition coefficient (Wildman–Crippen LogP) is 6.30. The Morgan fingerprint density at radius 1 is 1.00 bits per heavy atom. The zero-order valence-corrected chi connectivity index (χ0v) is 20.0. The molecular weight excluding hydrogens is 442 g/mol. The van der Waals surface area contributed by atoms with Crippen LogP contribution in [0, 0.1) is 10.1 Å². The van der Waals surface area contributed by atoms with Crippen LogP contribution in [0.4, 0.5) is 17.1 Å². The second-order valence-electron chi connectivity index (χ2n) is 8.84. The first-order valence-corrected chi connectivity index (χ1v) is 12.0. The number of anilines is 2. The van der Waals surface area contributed by atoms with Gasteiger partial charge in [-0.25, -0.2) is 0 Å². The molecule has 0 saturated carbocycles. The zero-order valence-electron chi connectivity index (χ0n) is 20.0. The lowest BCUT2D eigenvalue weighted by atomic mass is 9.89. The molecule has 1 aliphatic heterocycles. The SMILES string of the molecule is CCCCC(=O)N1c2ccccc2[C@@H](N(C(=O)c2ccc([N+](=O)[O-])cc2)c2ccccc2)C[C@H]1C. The number of rotatable bonds is 7. The Morgan fingerprint density at radius 2 is 1.66 bits per heavy atom. The van der Waals surface area contributed by atoms with Gasteiger partial charge in [-0.2, -0.15) is 0 Å². The Balaban J connectivity index is 1.78. The van der Waals surface area contributed by atoms with Gasteiger partial charge in [0.1, 0.15) is 0 Å². The van der Waals surface area contributed by atoms with Gasteiger partial charge in [0.2, 0.25) is 5.91 Å². The number of hydrogen-bond acceptors (Lipinski definition) is 4. The van der Waals surface area contributed by atoms with Gasteiger partial charge in [0.05, 0.1) is 11.0 Å². The lowest BCUT2D eigenvalue weighted by Gasteiger charge is -2.43. The van der Waals surface area contributed by atoms with E-state index in [-0.39, 0.29) is 29.6 Å². The number of nitrogens with zero attached hydrogens (tertiary/aromatic N) is 3. The van der Waals surface area contributed by atoms with Crippen LogP contribution in [0.15, 0.2) is 78.9 Å². The number of carbonyl (C=O) groups is 2. The molecule has 7 heteroatoms. The van der Waals surface area contributed by atoms with Crippen LogP contribution in [0.25, 0.3) is 0 Å². The summed E-state index contributed by atoms with van der Waals surface area (Å²) in [6, 6.07) is 22.5. The van der Waals surface area contributed by atoms with E-state index >= 15 is 0 Å². The molecule has 1 aliphatic rings. The highest BCUT2D eigenvalue weighted by Gasteiger charge is 2.38. The van der Waals surface area contributed by atoms with Crippen molar-refractivity contribution in [1.82, 2.24) is 0 Å². The molecule has 0 radical (unpaired) electrons. The maximum atomic E-state index is 13.9. The van der Waals surface area contributed by atoms with Crippen molar-refractivity contribution in [1.29, 1.82) is 0 Å². The van der Waals surface area contributed by atoms with Crippen LogP contribution in [0.1, 0.15) is 61.5 Å². The van der Waals surface area contributed by atoms with E-state index in [4.69, 9.17) is 0 Å². The summed E-state index contributed by atoms with van der Waals surface area (Å²) in [5, 5.41) is 11.1. The number of nitro benzene ring substituents is 1. The van der Waals surface area contributed by atoms with E-state index in [0.717, 1.165) is 29.8 Å². The van der Waals surface area contributed by atoms with E-state index < -0.39 is 4.92 Å². The van der Waals surface area contributed by atoms with E-state index in [1.807, 2.05) is 66.4 Å². The number of para-hydroxylation sites is 2. The molecule has 0 aliphatic carbocycles. The summed E-state index contributed by atoms with van der Waals surface area (Å²) < 4.78 is 0.